The van der Waals surface area contributed by atoms with Gasteiger partial charge < -0.3 is 14.4 Å². The van der Waals surface area contributed by atoms with Gasteiger partial charge in [-0.25, -0.2) is 0 Å². The van der Waals surface area contributed by atoms with Crippen molar-refractivity contribution in [3.8, 4) is 0 Å². The number of amides is 1. The van der Waals surface area contributed by atoms with Gasteiger partial charge in [0.15, 0.2) is 0 Å². The molecule has 2 saturated heterocycles. The number of fused-ring (bicyclic) bond motifs is 1. The van der Waals surface area contributed by atoms with Gasteiger partial charge in [0.2, 0.25) is 5.91 Å². The van der Waals surface area contributed by atoms with E-state index >= 15 is 0 Å². The van der Waals surface area contributed by atoms with Crippen molar-refractivity contribution in [3.63, 3.8) is 0 Å². The molecule has 0 spiro atoms. The summed E-state index contributed by atoms with van der Waals surface area (Å²) in [5, 5.41) is 5.54. The fraction of sp³-hybridized carbons (Fsp3) is 0.600. The standard InChI is InChI=1S/C20H27N3O3/c24-20(14-23-13-16-5-1-2-7-19(16)21-23)22-10-8-17(9-11-22)26-15-18-6-3-4-12-25-18/h1-2,5,7,13,17-18H,3-4,6,8-12,14-15H2. The summed E-state index contributed by atoms with van der Waals surface area (Å²) in [7, 11) is 0. The van der Waals surface area contributed by atoms with Crippen LogP contribution < -0.4 is 0 Å². The van der Waals surface area contributed by atoms with Gasteiger partial charge >= 0.3 is 0 Å². The van der Waals surface area contributed by atoms with Crippen molar-refractivity contribution >= 4 is 16.8 Å². The van der Waals surface area contributed by atoms with Crippen molar-refractivity contribution in [3.05, 3.63) is 30.5 Å². The average Bonchev–Trinajstić information content (AvgIpc) is 3.10. The highest BCUT2D eigenvalue weighted by Crippen LogP contribution is 2.18. The molecule has 0 radical (unpaired) electrons. The van der Waals surface area contributed by atoms with Gasteiger partial charge in [-0.3, -0.25) is 9.48 Å². The van der Waals surface area contributed by atoms with Crippen LogP contribution in [-0.4, -0.2) is 59.1 Å². The van der Waals surface area contributed by atoms with E-state index in [1.54, 1.807) is 4.68 Å². The first kappa shape index (κ1) is 17.5. The third-order valence-corrected chi connectivity index (χ3v) is 5.34. The third-order valence-electron chi connectivity index (χ3n) is 5.34. The molecule has 2 fully saturated rings. The van der Waals surface area contributed by atoms with Crippen LogP contribution in [-0.2, 0) is 20.8 Å². The van der Waals surface area contributed by atoms with E-state index in [1.165, 1.54) is 12.8 Å². The van der Waals surface area contributed by atoms with Crippen LogP contribution in [0.25, 0.3) is 10.9 Å². The Morgan fingerprint density at radius 3 is 2.81 bits per heavy atom. The number of piperidine rings is 1. The van der Waals surface area contributed by atoms with E-state index in [-0.39, 0.29) is 18.1 Å². The van der Waals surface area contributed by atoms with E-state index < -0.39 is 0 Å². The van der Waals surface area contributed by atoms with Crippen LogP contribution in [0.4, 0.5) is 0 Å². The van der Waals surface area contributed by atoms with Gasteiger partial charge in [-0.2, -0.15) is 5.10 Å². The zero-order chi connectivity index (χ0) is 17.8. The molecule has 1 aromatic carbocycles. The zero-order valence-corrected chi connectivity index (χ0v) is 15.2. The molecule has 1 atom stereocenters. The van der Waals surface area contributed by atoms with Gasteiger partial charge in [0.25, 0.3) is 0 Å². The van der Waals surface area contributed by atoms with Gasteiger partial charge in [0.1, 0.15) is 6.54 Å². The lowest BCUT2D eigenvalue weighted by Crippen LogP contribution is -2.43. The lowest BCUT2D eigenvalue weighted by atomic mass is 10.1. The highest BCUT2D eigenvalue weighted by atomic mass is 16.5. The fourth-order valence-corrected chi connectivity index (χ4v) is 3.79. The Morgan fingerprint density at radius 1 is 1.19 bits per heavy atom. The van der Waals surface area contributed by atoms with Crippen LogP contribution in [0.15, 0.2) is 30.5 Å². The van der Waals surface area contributed by atoms with E-state index in [9.17, 15) is 4.79 Å². The van der Waals surface area contributed by atoms with Gasteiger partial charge in [0, 0.05) is 31.3 Å². The molecule has 4 rings (SSSR count). The maximum absolute atomic E-state index is 12.6. The predicted molar refractivity (Wildman–Crippen MR) is 98.9 cm³/mol. The number of benzene rings is 1. The number of ether oxygens (including phenoxy) is 2. The van der Waals surface area contributed by atoms with E-state index in [4.69, 9.17) is 9.47 Å². The van der Waals surface area contributed by atoms with Crippen LogP contribution in [0.1, 0.15) is 32.1 Å². The SMILES string of the molecule is O=C(Cn1cc2ccccc2n1)N1CCC(OCC2CCCCO2)CC1. The molecule has 1 aromatic heterocycles. The van der Waals surface area contributed by atoms with Gasteiger partial charge in [-0.05, 0) is 38.2 Å². The Kier molecular flexibility index (Phi) is 5.51. The smallest absolute Gasteiger partial charge is 0.244 e. The van der Waals surface area contributed by atoms with E-state index in [2.05, 4.69) is 5.10 Å². The predicted octanol–water partition coefficient (Wildman–Crippen LogP) is 2.61. The monoisotopic (exact) mass is 357 g/mol. The number of carbonyl (C=O) groups excluding carboxylic acids is 1. The molecule has 0 saturated carbocycles. The van der Waals surface area contributed by atoms with Crippen molar-refractivity contribution in [2.45, 2.75) is 50.9 Å². The van der Waals surface area contributed by atoms with E-state index in [0.717, 1.165) is 49.9 Å². The normalized spacial score (nSPS) is 22.0. The van der Waals surface area contributed by atoms with Crippen molar-refractivity contribution in [2.24, 2.45) is 0 Å². The average molecular weight is 357 g/mol. The highest BCUT2D eigenvalue weighted by molar-refractivity contribution is 5.79. The van der Waals surface area contributed by atoms with E-state index in [1.807, 2.05) is 35.4 Å². The van der Waals surface area contributed by atoms with Crippen LogP contribution in [0.5, 0.6) is 0 Å². The second-order valence-electron chi connectivity index (χ2n) is 7.29. The second kappa shape index (κ2) is 8.18. The van der Waals surface area contributed by atoms with Crippen molar-refractivity contribution in [2.75, 3.05) is 26.3 Å². The molecule has 1 unspecified atom stereocenters. The number of carbonyl (C=O) groups is 1. The summed E-state index contributed by atoms with van der Waals surface area (Å²) in [5.41, 5.74) is 0.928. The molecule has 140 valence electrons. The van der Waals surface area contributed by atoms with Gasteiger partial charge in [0.05, 0.1) is 24.3 Å². The van der Waals surface area contributed by atoms with Crippen molar-refractivity contribution in [1.82, 2.24) is 14.7 Å². The molecule has 26 heavy (non-hydrogen) atoms. The van der Waals surface area contributed by atoms with Crippen LogP contribution in [0.3, 0.4) is 0 Å². The minimum absolute atomic E-state index is 0.131. The lowest BCUT2D eigenvalue weighted by molar-refractivity contribution is -0.135. The van der Waals surface area contributed by atoms with Crippen molar-refractivity contribution < 1.29 is 14.3 Å². The molecular weight excluding hydrogens is 330 g/mol. The quantitative estimate of drug-likeness (QED) is 0.825. The topological polar surface area (TPSA) is 56.6 Å². The number of hydrogen-bond acceptors (Lipinski definition) is 4. The summed E-state index contributed by atoms with van der Waals surface area (Å²) in [5.74, 6) is 0.131. The summed E-state index contributed by atoms with van der Waals surface area (Å²) in [6.45, 7) is 3.38. The molecule has 6 nitrogen and oxygen atoms in total. The maximum atomic E-state index is 12.6. The Morgan fingerprint density at radius 2 is 2.04 bits per heavy atom. The molecule has 3 heterocycles. The summed E-state index contributed by atoms with van der Waals surface area (Å²) in [6.07, 6.45) is 7.77. The maximum Gasteiger partial charge on any atom is 0.244 e. The van der Waals surface area contributed by atoms with Crippen LogP contribution in [0, 0.1) is 0 Å². The molecule has 1 amide bonds. The first-order chi connectivity index (χ1) is 12.8. The molecule has 2 aliphatic heterocycles. The van der Waals surface area contributed by atoms with Crippen molar-refractivity contribution in [1.29, 1.82) is 0 Å². The molecule has 2 aromatic rings. The molecule has 0 aliphatic carbocycles. The summed E-state index contributed by atoms with van der Waals surface area (Å²) in [6, 6.07) is 7.93. The summed E-state index contributed by atoms with van der Waals surface area (Å²) in [4.78, 5) is 14.5. The minimum atomic E-state index is 0.131. The number of hydrogen-bond donors (Lipinski definition) is 0. The van der Waals surface area contributed by atoms with Gasteiger partial charge in [-0.1, -0.05) is 18.2 Å². The Labute approximate surface area is 154 Å². The number of nitrogens with zero attached hydrogens (tertiary/aromatic N) is 3. The number of aromatic nitrogens is 2. The van der Waals surface area contributed by atoms with E-state index in [0.29, 0.717) is 13.2 Å². The lowest BCUT2D eigenvalue weighted by Gasteiger charge is -2.33. The van der Waals surface area contributed by atoms with Gasteiger partial charge in [-0.15, -0.1) is 0 Å². The number of likely N-dealkylation sites (tertiary alicyclic amines) is 1. The van der Waals surface area contributed by atoms with Crippen LogP contribution >= 0.6 is 0 Å². The second-order valence-corrected chi connectivity index (χ2v) is 7.29. The largest absolute Gasteiger partial charge is 0.376 e. The third kappa shape index (κ3) is 4.24. The minimum Gasteiger partial charge on any atom is -0.376 e. The van der Waals surface area contributed by atoms with Crippen LogP contribution in [0.2, 0.25) is 0 Å². The fourth-order valence-electron chi connectivity index (χ4n) is 3.79. The molecule has 6 heteroatoms. The Hall–Kier alpha value is -1.92. The molecule has 0 N–H and O–H groups in total. The highest BCUT2D eigenvalue weighted by Gasteiger charge is 2.25. The first-order valence-electron chi connectivity index (χ1n) is 9.71. The molecule has 0 bridgehead atoms. The summed E-state index contributed by atoms with van der Waals surface area (Å²) < 4.78 is 13.5. The number of rotatable bonds is 5. The molecule has 2 aliphatic rings. The molecular formula is C20H27N3O3. The Balaban J connectivity index is 1.22. The first-order valence-corrected chi connectivity index (χ1v) is 9.71. The zero-order valence-electron chi connectivity index (χ0n) is 15.2. The summed E-state index contributed by atoms with van der Waals surface area (Å²) >= 11 is 0. The Bertz CT molecular complexity index is 698.